The third-order valence-corrected chi connectivity index (χ3v) is 0.551. The largest absolute Gasteiger partial charge is 0.445 e. The van der Waals surface area contributed by atoms with Crippen LogP contribution in [0.4, 0.5) is 4.39 Å². The molecule has 3 heteroatoms. The van der Waals surface area contributed by atoms with Crippen LogP contribution in [0.25, 0.3) is 0 Å². The van der Waals surface area contributed by atoms with Gasteiger partial charge in [-0.3, -0.25) is 0 Å². The standard InChI is InChI=1S/C4H3FNO/c5-3-4-6-1-2-7-4/h2H,3H2. The molecule has 0 aliphatic carbocycles. The van der Waals surface area contributed by atoms with Crippen LogP contribution < -0.4 is 0 Å². The number of alkyl halides is 1. The van der Waals surface area contributed by atoms with Crippen LogP contribution in [0.15, 0.2) is 10.7 Å². The second-order valence-electron chi connectivity index (χ2n) is 1.00. The van der Waals surface area contributed by atoms with E-state index in [9.17, 15) is 4.39 Å². The van der Waals surface area contributed by atoms with Crippen LogP contribution in [-0.2, 0) is 6.67 Å². The number of oxazole rings is 1. The average Bonchev–Trinajstić information content (AvgIpc) is 2.14. The van der Waals surface area contributed by atoms with Crippen molar-refractivity contribution >= 4 is 0 Å². The Morgan fingerprint density at radius 3 is 3.14 bits per heavy atom. The highest BCUT2D eigenvalue weighted by Crippen LogP contribution is 1.93. The number of nitrogens with zero attached hydrogens (tertiary/aromatic N) is 1. The number of aromatic nitrogens is 1. The third-order valence-electron chi connectivity index (χ3n) is 0.551. The molecule has 0 bridgehead atoms. The summed E-state index contributed by atoms with van der Waals surface area (Å²) in [6.07, 6.45) is 3.54. The van der Waals surface area contributed by atoms with Gasteiger partial charge >= 0.3 is 0 Å². The summed E-state index contributed by atoms with van der Waals surface area (Å²) in [5.41, 5.74) is 0. The van der Waals surface area contributed by atoms with E-state index in [1.165, 1.54) is 6.26 Å². The first-order valence-electron chi connectivity index (χ1n) is 1.80. The van der Waals surface area contributed by atoms with Crippen LogP contribution in [0.3, 0.4) is 0 Å². The minimum Gasteiger partial charge on any atom is -0.445 e. The molecule has 0 N–H and O–H groups in total. The summed E-state index contributed by atoms with van der Waals surface area (Å²) in [4.78, 5) is 3.37. The van der Waals surface area contributed by atoms with Gasteiger partial charge in [0.2, 0.25) is 5.89 Å². The number of halogens is 1. The van der Waals surface area contributed by atoms with Crippen molar-refractivity contribution in [2.24, 2.45) is 0 Å². The summed E-state index contributed by atoms with van der Waals surface area (Å²) in [5, 5.41) is 0. The first-order valence-corrected chi connectivity index (χ1v) is 1.80. The molecular weight excluding hydrogens is 97.0 g/mol. The van der Waals surface area contributed by atoms with Crippen molar-refractivity contribution in [3.05, 3.63) is 18.4 Å². The minimum absolute atomic E-state index is 0.0833. The van der Waals surface area contributed by atoms with E-state index in [1.54, 1.807) is 0 Å². The monoisotopic (exact) mass is 100 g/mol. The molecule has 0 aliphatic rings. The summed E-state index contributed by atoms with van der Waals surface area (Å²) in [6.45, 7) is -0.649. The van der Waals surface area contributed by atoms with E-state index < -0.39 is 6.67 Å². The predicted molar refractivity (Wildman–Crippen MR) is 20.2 cm³/mol. The van der Waals surface area contributed by atoms with E-state index in [4.69, 9.17) is 0 Å². The van der Waals surface area contributed by atoms with E-state index in [-0.39, 0.29) is 5.89 Å². The molecule has 0 atom stereocenters. The first kappa shape index (κ1) is 4.30. The quantitative estimate of drug-likeness (QED) is 0.525. The molecule has 1 radical (unpaired) electrons. The molecule has 0 saturated heterocycles. The van der Waals surface area contributed by atoms with Gasteiger partial charge in [-0.25, -0.2) is 9.37 Å². The lowest BCUT2D eigenvalue weighted by Gasteiger charge is -1.74. The molecule has 7 heavy (non-hydrogen) atoms. The fourth-order valence-corrected chi connectivity index (χ4v) is 0.280. The summed E-state index contributed by atoms with van der Waals surface area (Å²) in [6, 6.07) is 0. The molecule has 37 valence electrons. The second kappa shape index (κ2) is 1.73. The zero-order valence-corrected chi connectivity index (χ0v) is 3.52. The Hall–Kier alpha value is -0.860. The van der Waals surface area contributed by atoms with Crippen LogP contribution in [0.5, 0.6) is 0 Å². The topological polar surface area (TPSA) is 26.0 Å². The molecule has 1 rings (SSSR count). The number of hydrogen-bond acceptors (Lipinski definition) is 2. The lowest BCUT2D eigenvalue weighted by molar-refractivity contribution is 0.380. The molecule has 0 fully saturated rings. The maximum Gasteiger partial charge on any atom is 0.226 e. The summed E-state index contributed by atoms with van der Waals surface area (Å²) in [5.74, 6) is 0.0833. The molecule has 0 unspecified atom stereocenters. The third kappa shape index (κ3) is 0.765. The van der Waals surface area contributed by atoms with E-state index in [0.717, 1.165) is 0 Å². The van der Waals surface area contributed by atoms with E-state index in [0.29, 0.717) is 0 Å². The van der Waals surface area contributed by atoms with Gasteiger partial charge in [0.15, 0.2) is 6.67 Å². The van der Waals surface area contributed by atoms with Crippen molar-refractivity contribution in [3.8, 4) is 0 Å². The molecule has 2 nitrogen and oxygen atoms in total. The Labute approximate surface area is 40.0 Å². The van der Waals surface area contributed by atoms with Gasteiger partial charge in [0.25, 0.3) is 0 Å². The lowest BCUT2D eigenvalue weighted by atomic mass is 10.8. The second-order valence-corrected chi connectivity index (χ2v) is 1.00. The maximum absolute atomic E-state index is 11.4. The minimum atomic E-state index is -0.649. The first-order chi connectivity index (χ1) is 3.43. The van der Waals surface area contributed by atoms with E-state index in [1.807, 2.05) is 0 Å². The normalized spacial score (nSPS) is 9.29. The Morgan fingerprint density at radius 2 is 2.86 bits per heavy atom. The zero-order chi connectivity index (χ0) is 5.11. The van der Waals surface area contributed by atoms with Crippen LogP contribution in [0, 0.1) is 6.20 Å². The van der Waals surface area contributed by atoms with Gasteiger partial charge in [-0.15, -0.1) is 0 Å². The highest BCUT2D eigenvalue weighted by atomic mass is 19.1. The summed E-state index contributed by atoms with van der Waals surface area (Å²) in [7, 11) is 0. The smallest absolute Gasteiger partial charge is 0.226 e. The average molecular weight is 100 g/mol. The van der Waals surface area contributed by atoms with Gasteiger partial charge in [-0.05, 0) is 0 Å². The van der Waals surface area contributed by atoms with Gasteiger partial charge in [0.05, 0.1) is 0 Å². The molecule has 0 saturated carbocycles. The van der Waals surface area contributed by atoms with E-state index >= 15 is 0 Å². The molecule has 0 amide bonds. The van der Waals surface area contributed by atoms with Gasteiger partial charge in [-0.1, -0.05) is 0 Å². The molecule has 1 aromatic heterocycles. The highest BCUT2D eigenvalue weighted by molar-refractivity contribution is 4.73. The molecule has 1 aromatic rings. The lowest BCUT2D eigenvalue weighted by Crippen LogP contribution is -1.71. The Bertz CT molecular complexity index is 126. The number of rotatable bonds is 1. The Kier molecular flexibility index (Phi) is 1.06. The van der Waals surface area contributed by atoms with Crippen molar-refractivity contribution in [2.75, 3.05) is 0 Å². The molecular formula is C4H3FNO. The highest BCUT2D eigenvalue weighted by Gasteiger charge is 1.90. The fraction of sp³-hybridized carbons (Fsp3) is 0.250. The van der Waals surface area contributed by atoms with Gasteiger partial charge < -0.3 is 4.42 Å². The van der Waals surface area contributed by atoms with Crippen molar-refractivity contribution in [1.29, 1.82) is 0 Å². The fourth-order valence-electron chi connectivity index (χ4n) is 0.280. The van der Waals surface area contributed by atoms with Crippen molar-refractivity contribution in [3.63, 3.8) is 0 Å². The molecule has 0 aromatic carbocycles. The van der Waals surface area contributed by atoms with Crippen LogP contribution in [-0.4, -0.2) is 4.98 Å². The van der Waals surface area contributed by atoms with Crippen LogP contribution in [0.2, 0.25) is 0 Å². The van der Waals surface area contributed by atoms with Gasteiger partial charge in [0, 0.05) is 0 Å². The van der Waals surface area contributed by atoms with Crippen molar-refractivity contribution < 1.29 is 8.81 Å². The van der Waals surface area contributed by atoms with Gasteiger partial charge in [-0.2, -0.15) is 0 Å². The summed E-state index contributed by atoms with van der Waals surface area (Å²) < 4.78 is 15.8. The number of hydrogen-bond donors (Lipinski definition) is 0. The van der Waals surface area contributed by atoms with Crippen molar-refractivity contribution in [1.82, 2.24) is 4.98 Å². The Morgan fingerprint density at radius 1 is 2.00 bits per heavy atom. The Balaban J connectivity index is 2.76. The molecule has 0 aliphatic heterocycles. The van der Waals surface area contributed by atoms with Crippen LogP contribution >= 0.6 is 0 Å². The molecule has 0 spiro atoms. The van der Waals surface area contributed by atoms with Crippen LogP contribution in [0.1, 0.15) is 5.89 Å². The van der Waals surface area contributed by atoms with Crippen molar-refractivity contribution in [2.45, 2.75) is 6.67 Å². The maximum atomic E-state index is 11.4. The summed E-state index contributed by atoms with van der Waals surface area (Å²) >= 11 is 0. The SMILES string of the molecule is FCc1n[c]co1. The van der Waals surface area contributed by atoms with Gasteiger partial charge in [0.1, 0.15) is 12.5 Å². The zero-order valence-electron chi connectivity index (χ0n) is 3.52. The molecule has 1 heterocycles. The van der Waals surface area contributed by atoms with E-state index in [2.05, 4.69) is 15.6 Å². The predicted octanol–water partition coefficient (Wildman–Crippen LogP) is 0.944.